The second-order valence-corrected chi connectivity index (χ2v) is 16.2. The summed E-state index contributed by atoms with van der Waals surface area (Å²) in [6, 6.07) is 92.1. The van der Waals surface area contributed by atoms with Gasteiger partial charge in [0.25, 0.3) is 0 Å². The molecule has 0 spiro atoms. The van der Waals surface area contributed by atoms with E-state index in [1.807, 2.05) is 0 Å². The SMILES string of the molecule is c1ccc(-c2ccc(N(c3ccccc3)c3ccc(-c4ccc5c(c4)-c4cc(-c6ccc(N(c7ccccc7)c7ccc(-c8ccccc8)cc7)cc6)ccc4C5)cc3)cc2)cc1. The molecule has 0 bridgehead atoms. The van der Waals surface area contributed by atoms with E-state index in [0.29, 0.717) is 0 Å². The Morgan fingerprint density at radius 1 is 0.206 bits per heavy atom. The first-order valence-electron chi connectivity index (χ1n) is 21.7. The minimum absolute atomic E-state index is 0.952. The highest BCUT2D eigenvalue weighted by Crippen LogP contribution is 2.43. The van der Waals surface area contributed by atoms with Crippen LogP contribution in [0.15, 0.2) is 255 Å². The summed E-state index contributed by atoms with van der Waals surface area (Å²) in [6.45, 7) is 0. The first-order valence-corrected chi connectivity index (χ1v) is 21.7. The van der Waals surface area contributed by atoms with Gasteiger partial charge in [-0.15, -0.1) is 0 Å². The van der Waals surface area contributed by atoms with Crippen LogP contribution in [0.1, 0.15) is 11.1 Å². The lowest BCUT2D eigenvalue weighted by Gasteiger charge is -2.26. The largest absolute Gasteiger partial charge is 0.311 e. The minimum Gasteiger partial charge on any atom is -0.311 e. The summed E-state index contributed by atoms with van der Waals surface area (Å²) in [5.41, 5.74) is 21.8. The van der Waals surface area contributed by atoms with E-state index < -0.39 is 0 Å². The molecule has 1 aliphatic rings. The van der Waals surface area contributed by atoms with E-state index in [2.05, 4.69) is 265 Å². The van der Waals surface area contributed by atoms with Crippen molar-refractivity contribution < 1.29 is 0 Å². The topological polar surface area (TPSA) is 6.48 Å². The Bertz CT molecular complexity index is 2910. The lowest BCUT2D eigenvalue weighted by Crippen LogP contribution is -2.09. The lowest BCUT2D eigenvalue weighted by atomic mass is 9.96. The normalized spacial score (nSPS) is 11.4. The van der Waals surface area contributed by atoms with Gasteiger partial charge in [-0.25, -0.2) is 0 Å². The van der Waals surface area contributed by atoms with E-state index >= 15 is 0 Å². The summed E-state index contributed by atoms with van der Waals surface area (Å²) in [6.07, 6.45) is 0.952. The predicted molar refractivity (Wildman–Crippen MR) is 266 cm³/mol. The zero-order chi connectivity index (χ0) is 42.0. The Morgan fingerprint density at radius 3 is 0.762 bits per heavy atom. The first kappa shape index (κ1) is 37.8. The summed E-state index contributed by atoms with van der Waals surface area (Å²) in [4.78, 5) is 4.65. The van der Waals surface area contributed by atoms with Crippen molar-refractivity contribution in [2.24, 2.45) is 0 Å². The molecule has 298 valence electrons. The number of fused-ring (bicyclic) bond motifs is 3. The molecule has 0 amide bonds. The van der Waals surface area contributed by atoms with Crippen molar-refractivity contribution >= 4 is 34.1 Å². The van der Waals surface area contributed by atoms with Gasteiger partial charge < -0.3 is 9.80 Å². The van der Waals surface area contributed by atoms with Crippen LogP contribution in [0.2, 0.25) is 0 Å². The van der Waals surface area contributed by atoms with Gasteiger partial charge in [0.1, 0.15) is 0 Å². The highest BCUT2D eigenvalue weighted by atomic mass is 15.1. The first-order chi connectivity index (χ1) is 31.2. The van der Waals surface area contributed by atoms with Crippen LogP contribution in [0.4, 0.5) is 34.1 Å². The molecular weight excluding hydrogens is 761 g/mol. The second kappa shape index (κ2) is 16.7. The Labute approximate surface area is 370 Å². The molecule has 0 heterocycles. The van der Waals surface area contributed by atoms with Crippen LogP contribution in [0.3, 0.4) is 0 Å². The van der Waals surface area contributed by atoms with Gasteiger partial charge in [-0.05, 0) is 158 Å². The van der Waals surface area contributed by atoms with Crippen LogP contribution in [0.5, 0.6) is 0 Å². The summed E-state index contributed by atoms with van der Waals surface area (Å²) in [7, 11) is 0. The van der Waals surface area contributed by atoms with Crippen molar-refractivity contribution in [2.75, 3.05) is 9.80 Å². The number of nitrogens with zero attached hydrogens (tertiary/aromatic N) is 2. The smallest absolute Gasteiger partial charge is 0.0462 e. The molecule has 63 heavy (non-hydrogen) atoms. The molecule has 2 heteroatoms. The summed E-state index contributed by atoms with van der Waals surface area (Å²) < 4.78 is 0. The fraction of sp³-hybridized carbons (Fsp3) is 0.0164. The van der Waals surface area contributed by atoms with E-state index in [-0.39, 0.29) is 0 Å². The molecule has 0 radical (unpaired) electrons. The summed E-state index contributed by atoms with van der Waals surface area (Å²) >= 11 is 0. The molecule has 0 saturated heterocycles. The van der Waals surface area contributed by atoms with E-state index in [0.717, 1.165) is 40.5 Å². The van der Waals surface area contributed by atoms with E-state index in [4.69, 9.17) is 0 Å². The third-order valence-electron chi connectivity index (χ3n) is 12.3. The quantitative estimate of drug-likeness (QED) is 0.136. The number of rotatable bonds is 10. The highest BCUT2D eigenvalue weighted by molar-refractivity contribution is 5.87. The maximum atomic E-state index is 2.39. The number of anilines is 6. The van der Waals surface area contributed by atoms with Gasteiger partial charge in [-0.1, -0.05) is 170 Å². The molecule has 0 fully saturated rings. The number of hydrogen-bond acceptors (Lipinski definition) is 2. The molecule has 2 nitrogen and oxygen atoms in total. The Kier molecular flexibility index (Phi) is 10.0. The van der Waals surface area contributed by atoms with Crippen molar-refractivity contribution in [3.8, 4) is 55.6 Å². The Balaban J connectivity index is 0.864. The summed E-state index contributed by atoms with van der Waals surface area (Å²) in [5.74, 6) is 0. The van der Waals surface area contributed by atoms with Gasteiger partial charge in [-0.3, -0.25) is 0 Å². The molecule has 0 saturated carbocycles. The molecule has 0 aliphatic heterocycles. The van der Waals surface area contributed by atoms with Crippen molar-refractivity contribution in [3.63, 3.8) is 0 Å². The maximum Gasteiger partial charge on any atom is 0.0462 e. The van der Waals surface area contributed by atoms with Crippen LogP contribution in [-0.2, 0) is 6.42 Å². The monoisotopic (exact) mass is 804 g/mol. The van der Waals surface area contributed by atoms with Gasteiger partial charge in [-0.2, -0.15) is 0 Å². The van der Waals surface area contributed by atoms with Crippen molar-refractivity contribution in [1.82, 2.24) is 0 Å². The fourth-order valence-corrected chi connectivity index (χ4v) is 9.05. The molecule has 0 aromatic heterocycles. The third-order valence-corrected chi connectivity index (χ3v) is 12.3. The predicted octanol–water partition coefficient (Wildman–Crippen LogP) is 16.9. The van der Waals surface area contributed by atoms with Gasteiger partial charge in [0.15, 0.2) is 0 Å². The highest BCUT2D eigenvalue weighted by Gasteiger charge is 2.21. The van der Waals surface area contributed by atoms with Crippen LogP contribution in [0, 0.1) is 0 Å². The molecule has 10 aromatic carbocycles. The van der Waals surface area contributed by atoms with Crippen LogP contribution in [0.25, 0.3) is 55.6 Å². The molecule has 10 aromatic rings. The molecule has 0 atom stereocenters. The van der Waals surface area contributed by atoms with Gasteiger partial charge >= 0.3 is 0 Å². The Hall–Kier alpha value is -8.20. The Morgan fingerprint density at radius 2 is 0.444 bits per heavy atom. The number of para-hydroxylation sites is 2. The molecule has 11 rings (SSSR count). The number of benzene rings is 10. The lowest BCUT2D eigenvalue weighted by molar-refractivity contribution is 1.26. The standard InChI is InChI=1S/C61H44N2/c1-5-13-44(14-6-1)46-25-33-56(34-26-46)62(54-17-9-3-10-18-54)58-37-29-48(30-38-58)50-21-23-52-41-53-24-22-51(43-61(53)60(52)42-50)49-31-39-59(40-32-49)63(55-19-11-4-12-20-55)57-35-27-47(28-36-57)45-15-7-2-8-16-45/h1-40,42-43H,41H2. The van der Waals surface area contributed by atoms with E-state index in [1.54, 1.807) is 0 Å². The van der Waals surface area contributed by atoms with E-state index in [9.17, 15) is 0 Å². The van der Waals surface area contributed by atoms with Crippen molar-refractivity contribution in [2.45, 2.75) is 6.42 Å². The average molecular weight is 805 g/mol. The summed E-state index contributed by atoms with van der Waals surface area (Å²) in [5, 5.41) is 0. The third kappa shape index (κ3) is 7.60. The zero-order valence-electron chi connectivity index (χ0n) is 34.9. The van der Waals surface area contributed by atoms with Crippen LogP contribution in [-0.4, -0.2) is 0 Å². The van der Waals surface area contributed by atoms with Gasteiger partial charge in [0.2, 0.25) is 0 Å². The maximum absolute atomic E-state index is 2.39. The van der Waals surface area contributed by atoms with Crippen LogP contribution < -0.4 is 9.80 Å². The van der Waals surface area contributed by atoms with E-state index in [1.165, 1.54) is 66.8 Å². The fourth-order valence-electron chi connectivity index (χ4n) is 9.05. The van der Waals surface area contributed by atoms with Gasteiger partial charge in [0, 0.05) is 34.1 Å². The molecule has 1 aliphatic carbocycles. The number of hydrogen-bond donors (Lipinski definition) is 0. The average Bonchev–Trinajstić information content (AvgIpc) is 3.74. The second-order valence-electron chi connectivity index (χ2n) is 16.2. The van der Waals surface area contributed by atoms with Crippen molar-refractivity contribution in [3.05, 3.63) is 266 Å². The molecular formula is C61H44N2. The zero-order valence-corrected chi connectivity index (χ0v) is 34.9. The van der Waals surface area contributed by atoms with Crippen LogP contribution >= 0.6 is 0 Å². The molecule has 0 unspecified atom stereocenters. The minimum atomic E-state index is 0.952. The van der Waals surface area contributed by atoms with Gasteiger partial charge in [0.05, 0.1) is 0 Å². The van der Waals surface area contributed by atoms with Crippen molar-refractivity contribution in [1.29, 1.82) is 0 Å². The molecule has 0 N–H and O–H groups in total.